The zero-order valence-corrected chi connectivity index (χ0v) is 16.9. The summed E-state index contributed by atoms with van der Waals surface area (Å²) in [6.45, 7) is 1.65. The summed E-state index contributed by atoms with van der Waals surface area (Å²) in [7, 11) is 1.65. The molecule has 1 unspecified atom stereocenters. The third-order valence-corrected chi connectivity index (χ3v) is 6.23. The maximum Gasteiger partial charge on any atom is 0.344 e. The predicted molar refractivity (Wildman–Crippen MR) is 105 cm³/mol. The first-order valence-corrected chi connectivity index (χ1v) is 9.83. The van der Waals surface area contributed by atoms with E-state index in [0.29, 0.717) is 47.8 Å². The average Bonchev–Trinajstić information content (AvgIpc) is 2.83. The summed E-state index contributed by atoms with van der Waals surface area (Å²) in [5.41, 5.74) is -0.564. The molecular weight excluding hydrogens is 426 g/mol. The lowest BCUT2D eigenvalue weighted by atomic mass is 9.65. The van der Waals surface area contributed by atoms with Gasteiger partial charge in [-0.05, 0) is 25.5 Å². The van der Waals surface area contributed by atoms with Gasteiger partial charge in [0.1, 0.15) is 28.2 Å². The Morgan fingerprint density at radius 1 is 1.14 bits per heavy atom. The van der Waals surface area contributed by atoms with Crippen molar-refractivity contribution in [2.75, 3.05) is 11.9 Å². The maximum absolute atomic E-state index is 13.7. The number of Topliss-reactive ketones (excluding diaryl/α,β-unsaturated/α-hetero) is 1. The monoisotopic (exact) mass is 441 g/mol. The lowest BCUT2D eigenvalue weighted by Crippen LogP contribution is -2.49. The van der Waals surface area contributed by atoms with Gasteiger partial charge in [0.2, 0.25) is 5.91 Å². The van der Waals surface area contributed by atoms with Crippen LogP contribution < -0.4 is 15.3 Å². The average molecular weight is 442 g/mol. The number of amides is 1. The molecule has 1 spiro atoms. The van der Waals surface area contributed by atoms with E-state index in [-0.39, 0.29) is 22.8 Å². The Kier molecular flexibility index (Phi) is 3.53. The molecule has 7 heteroatoms. The zero-order valence-electron chi connectivity index (χ0n) is 15.3. The van der Waals surface area contributed by atoms with Gasteiger partial charge in [0.05, 0.1) is 5.57 Å². The van der Waals surface area contributed by atoms with Gasteiger partial charge in [-0.15, -0.1) is 0 Å². The summed E-state index contributed by atoms with van der Waals surface area (Å²) in [6.07, 6.45) is 1.52. The number of fused-ring (bicyclic) bond motifs is 5. The smallest absolute Gasteiger partial charge is 0.344 e. The van der Waals surface area contributed by atoms with Gasteiger partial charge < -0.3 is 14.1 Å². The van der Waals surface area contributed by atoms with Crippen LogP contribution in [0.4, 0.5) is 5.69 Å². The van der Waals surface area contributed by atoms with E-state index in [1.54, 1.807) is 26.1 Å². The van der Waals surface area contributed by atoms with Crippen LogP contribution in [-0.4, -0.2) is 18.7 Å². The number of rotatable bonds is 0. The van der Waals surface area contributed by atoms with Crippen molar-refractivity contribution in [1.29, 1.82) is 0 Å². The van der Waals surface area contributed by atoms with Crippen molar-refractivity contribution in [1.82, 2.24) is 0 Å². The van der Waals surface area contributed by atoms with Crippen LogP contribution in [0.15, 0.2) is 49.3 Å². The topological polar surface area (TPSA) is 76.8 Å². The van der Waals surface area contributed by atoms with Crippen molar-refractivity contribution in [3.05, 3.63) is 67.4 Å². The summed E-state index contributed by atoms with van der Waals surface area (Å²) in [5.74, 6) is 0.652. The number of aryl methyl sites for hydroxylation is 1. The van der Waals surface area contributed by atoms with E-state index >= 15 is 0 Å². The normalized spacial score (nSPS) is 22.9. The first kappa shape index (κ1) is 17.4. The Bertz CT molecular complexity index is 1180. The SMILES string of the molecule is Cc1cc2c(c(=O)o1)C1(C(=O)N(C)c3cc(Br)ccc31)C1=C(CCCC1=O)O2. The molecule has 5 rings (SSSR count). The van der Waals surface area contributed by atoms with Crippen LogP contribution in [0.5, 0.6) is 5.75 Å². The van der Waals surface area contributed by atoms with Crippen LogP contribution in [-0.2, 0) is 15.0 Å². The zero-order chi connectivity index (χ0) is 19.8. The molecule has 3 aliphatic rings. The number of hydrogen-bond acceptors (Lipinski definition) is 5. The number of anilines is 1. The van der Waals surface area contributed by atoms with Crippen molar-refractivity contribution in [3.8, 4) is 5.75 Å². The first-order valence-electron chi connectivity index (χ1n) is 9.03. The van der Waals surface area contributed by atoms with Gasteiger partial charge in [0.15, 0.2) is 5.78 Å². The molecule has 0 radical (unpaired) electrons. The highest BCUT2D eigenvalue weighted by Crippen LogP contribution is 2.56. The highest BCUT2D eigenvalue weighted by molar-refractivity contribution is 9.10. The number of nitrogens with zero attached hydrogens (tertiary/aromatic N) is 1. The van der Waals surface area contributed by atoms with E-state index in [1.165, 1.54) is 4.90 Å². The lowest BCUT2D eigenvalue weighted by molar-refractivity contribution is -0.124. The van der Waals surface area contributed by atoms with Gasteiger partial charge >= 0.3 is 5.63 Å². The number of halogens is 1. The Balaban J connectivity index is 1.98. The molecule has 6 nitrogen and oxygen atoms in total. The molecule has 0 N–H and O–H groups in total. The quantitative estimate of drug-likeness (QED) is 0.626. The summed E-state index contributed by atoms with van der Waals surface area (Å²) in [4.78, 5) is 41.3. The van der Waals surface area contributed by atoms with Gasteiger partial charge in [-0.3, -0.25) is 9.59 Å². The molecule has 0 bridgehead atoms. The molecule has 2 aromatic rings. The van der Waals surface area contributed by atoms with Gasteiger partial charge in [0, 0.05) is 41.7 Å². The summed E-state index contributed by atoms with van der Waals surface area (Å²) in [6, 6.07) is 7.04. The molecule has 0 fully saturated rings. The second-order valence-corrected chi connectivity index (χ2v) is 8.25. The Morgan fingerprint density at radius 3 is 2.71 bits per heavy atom. The van der Waals surface area contributed by atoms with Gasteiger partial charge in [-0.25, -0.2) is 4.79 Å². The number of carbonyl (C=O) groups is 2. The van der Waals surface area contributed by atoms with E-state index in [1.807, 2.05) is 12.1 Å². The number of benzene rings is 1. The largest absolute Gasteiger partial charge is 0.460 e. The van der Waals surface area contributed by atoms with E-state index in [0.717, 1.165) is 4.47 Å². The lowest BCUT2D eigenvalue weighted by Gasteiger charge is -2.38. The van der Waals surface area contributed by atoms with Crippen molar-refractivity contribution in [2.24, 2.45) is 0 Å². The number of likely N-dealkylation sites (N-methyl/N-ethyl adjacent to an activating group) is 1. The number of allylic oxidation sites excluding steroid dienone is 1. The fourth-order valence-corrected chi connectivity index (χ4v) is 5.00. The van der Waals surface area contributed by atoms with Crippen molar-refractivity contribution in [3.63, 3.8) is 0 Å². The third kappa shape index (κ3) is 2.00. The van der Waals surface area contributed by atoms with Crippen LogP contribution in [0, 0.1) is 6.92 Å². The van der Waals surface area contributed by atoms with Crippen LogP contribution in [0.3, 0.4) is 0 Å². The Hall–Kier alpha value is -2.67. The van der Waals surface area contributed by atoms with E-state index in [9.17, 15) is 14.4 Å². The highest BCUT2D eigenvalue weighted by Gasteiger charge is 2.61. The maximum atomic E-state index is 13.7. The van der Waals surface area contributed by atoms with Crippen LogP contribution in [0.2, 0.25) is 0 Å². The molecule has 1 amide bonds. The molecule has 1 aromatic heterocycles. The minimum atomic E-state index is -1.53. The van der Waals surface area contributed by atoms with Crippen molar-refractivity contribution >= 4 is 33.3 Å². The number of ketones is 1. The minimum Gasteiger partial charge on any atom is -0.460 e. The fourth-order valence-electron chi connectivity index (χ4n) is 4.65. The molecule has 1 aliphatic carbocycles. The minimum absolute atomic E-state index is 0.0880. The standard InChI is InChI=1S/C21H16BrNO5/c1-10-8-16-18(19(25)27-10)21(17-14(24)4-3-5-15(17)28-16)12-7-6-11(22)9-13(12)23(2)20(21)26/h6-9H,3-5H2,1-2H3. The molecule has 0 saturated carbocycles. The molecule has 28 heavy (non-hydrogen) atoms. The first-order chi connectivity index (χ1) is 13.4. The van der Waals surface area contributed by atoms with Crippen molar-refractivity contribution in [2.45, 2.75) is 31.6 Å². The number of ether oxygens (including phenoxy) is 1. The summed E-state index contributed by atoms with van der Waals surface area (Å²) < 4.78 is 12.1. The van der Waals surface area contributed by atoms with E-state index in [2.05, 4.69) is 15.9 Å². The summed E-state index contributed by atoms with van der Waals surface area (Å²) in [5, 5.41) is 0. The fraction of sp³-hybridized carbons (Fsp3) is 0.286. The van der Waals surface area contributed by atoms with E-state index in [4.69, 9.17) is 9.15 Å². The molecule has 1 aromatic carbocycles. The predicted octanol–water partition coefficient (Wildman–Crippen LogP) is 3.37. The van der Waals surface area contributed by atoms with Gasteiger partial charge in [0.25, 0.3) is 0 Å². The van der Waals surface area contributed by atoms with Gasteiger partial charge in [-0.1, -0.05) is 22.0 Å². The van der Waals surface area contributed by atoms with E-state index < -0.39 is 11.0 Å². The number of hydrogen-bond donors (Lipinski definition) is 0. The Labute approximate surface area is 168 Å². The molecule has 142 valence electrons. The van der Waals surface area contributed by atoms with Crippen molar-refractivity contribution < 1.29 is 18.7 Å². The molecule has 0 saturated heterocycles. The second-order valence-electron chi connectivity index (χ2n) is 7.34. The van der Waals surface area contributed by atoms with Crippen LogP contribution in [0.1, 0.15) is 36.1 Å². The molecule has 2 aliphatic heterocycles. The molecule has 3 heterocycles. The van der Waals surface area contributed by atoms with Gasteiger partial charge in [-0.2, -0.15) is 0 Å². The summed E-state index contributed by atoms with van der Waals surface area (Å²) >= 11 is 3.44. The van der Waals surface area contributed by atoms with Crippen LogP contribution >= 0.6 is 15.9 Å². The molecular formula is C21H16BrNO5. The van der Waals surface area contributed by atoms with Crippen LogP contribution in [0.25, 0.3) is 0 Å². The Morgan fingerprint density at radius 2 is 1.93 bits per heavy atom. The number of carbonyl (C=O) groups excluding carboxylic acids is 2. The highest BCUT2D eigenvalue weighted by atomic mass is 79.9. The molecule has 1 atom stereocenters. The third-order valence-electron chi connectivity index (χ3n) is 5.74. The second kappa shape index (κ2) is 5.67.